The molecule has 0 aliphatic carbocycles. The molecule has 4 rings (SSSR count). The molecule has 4 nitrogen and oxygen atoms in total. The fourth-order valence-corrected chi connectivity index (χ4v) is 4.49. The number of halogens is 1. The summed E-state index contributed by atoms with van der Waals surface area (Å²) in [5.41, 5.74) is 2.23. The van der Waals surface area contributed by atoms with Crippen LogP contribution in [0.15, 0.2) is 42.5 Å². The Morgan fingerprint density at radius 3 is 2.56 bits per heavy atom. The van der Waals surface area contributed by atoms with Crippen LogP contribution in [0.5, 0.6) is 5.75 Å². The smallest absolute Gasteiger partial charge is 0.186 e. The van der Waals surface area contributed by atoms with E-state index in [-0.39, 0.29) is 0 Å². The molecular formula is C19H20ClN3OS. The Labute approximate surface area is 156 Å². The topological polar surface area (TPSA) is 28.6 Å². The lowest BCUT2D eigenvalue weighted by Crippen LogP contribution is -2.45. The Morgan fingerprint density at radius 2 is 1.84 bits per heavy atom. The van der Waals surface area contributed by atoms with Crippen molar-refractivity contribution < 1.29 is 4.74 Å². The van der Waals surface area contributed by atoms with Gasteiger partial charge in [0.15, 0.2) is 5.13 Å². The number of thiazole rings is 1. The molecule has 0 atom stereocenters. The van der Waals surface area contributed by atoms with Crippen molar-refractivity contribution in [1.29, 1.82) is 0 Å². The highest BCUT2D eigenvalue weighted by molar-refractivity contribution is 7.22. The third-order valence-corrected chi connectivity index (χ3v) is 6.14. The minimum atomic E-state index is 0.738. The van der Waals surface area contributed by atoms with Crippen LogP contribution in [-0.2, 0) is 6.54 Å². The minimum absolute atomic E-state index is 0.738. The van der Waals surface area contributed by atoms with Crippen molar-refractivity contribution in [2.45, 2.75) is 6.54 Å². The number of aromatic nitrogens is 1. The number of benzene rings is 2. The van der Waals surface area contributed by atoms with Crippen LogP contribution >= 0.6 is 22.9 Å². The number of ether oxygens (including phenoxy) is 1. The zero-order valence-electron chi connectivity index (χ0n) is 14.1. The molecule has 1 aromatic heterocycles. The quantitative estimate of drug-likeness (QED) is 0.682. The van der Waals surface area contributed by atoms with E-state index in [4.69, 9.17) is 21.3 Å². The number of nitrogens with zero attached hydrogens (tertiary/aromatic N) is 3. The van der Waals surface area contributed by atoms with Crippen LogP contribution in [0.4, 0.5) is 5.13 Å². The normalized spacial score (nSPS) is 15.7. The van der Waals surface area contributed by atoms with Gasteiger partial charge in [-0.15, -0.1) is 0 Å². The van der Waals surface area contributed by atoms with E-state index in [1.54, 1.807) is 18.4 Å². The number of anilines is 1. The molecule has 0 spiro atoms. The molecule has 0 amide bonds. The van der Waals surface area contributed by atoms with Crippen molar-refractivity contribution in [3.8, 4) is 5.75 Å². The fraction of sp³-hybridized carbons (Fsp3) is 0.316. The maximum Gasteiger partial charge on any atom is 0.186 e. The molecule has 0 bridgehead atoms. The van der Waals surface area contributed by atoms with Crippen molar-refractivity contribution in [2.24, 2.45) is 0 Å². The van der Waals surface area contributed by atoms with Crippen LogP contribution < -0.4 is 9.64 Å². The molecule has 1 fully saturated rings. The lowest BCUT2D eigenvalue weighted by molar-refractivity contribution is 0.250. The van der Waals surface area contributed by atoms with E-state index in [0.29, 0.717) is 0 Å². The summed E-state index contributed by atoms with van der Waals surface area (Å²) < 4.78 is 6.43. The van der Waals surface area contributed by atoms with Gasteiger partial charge in [0.2, 0.25) is 0 Å². The summed E-state index contributed by atoms with van der Waals surface area (Å²) in [6.07, 6.45) is 0. The van der Waals surface area contributed by atoms with E-state index in [1.807, 2.05) is 12.1 Å². The zero-order chi connectivity index (χ0) is 17.2. The van der Waals surface area contributed by atoms with Gasteiger partial charge in [-0.25, -0.2) is 4.98 Å². The Bertz CT molecular complexity index is 860. The number of rotatable bonds is 4. The van der Waals surface area contributed by atoms with Gasteiger partial charge in [0.1, 0.15) is 11.3 Å². The SMILES string of the molecule is COc1ccc(Cl)c2sc(N3CCN(Cc4ccccc4)CC3)nc12. The molecule has 130 valence electrons. The first kappa shape index (κ1) is 16.6. The number of hydrogen-bond donors (Lipinski definition) is 0. The Kier molecular flexibility index (Phi) is 4.79. The molecule has 0 N–H and O–H groups in total. The summed E-state index contributed by atoms with van der Waals surface area (Å²) in [4.78, 5) is 9.64. The summed E-state index contributed by atoms with van der Waals surface area (Å²) >= 11 is 7.99. The summed E-state index contributed by atoms with van der Waals surface area (Å²) in [5.74, 6) is 0.782. The van der Waals surface area contributed by atoms with Gasteiger partial charge < -0.3 is 9.64 Å². The largest absolute Gasteiger partial charge is 0.494 e. The molecule has 25 heavy (non-hydrogen) atoms. The van der Waals surface area contributed by atoms with Crippen LogP contribution in [0.3, 0.4) is 0 Å². The van der Waals surface area contributed by atoms with E-state index in [1.165, 1.54) is 5.56 Å². The second kappa shape index (κ2) is 7.20. The molecule has 0 saturated carbocycles. The van der Waals surface area contributed by atoms with Crippen LogP contribution in [0.25, 0.3) is 10.2 Å². The van der Waals surface area contributed by atoms with Crippen molar-refractivity contribution in [1.82, 2.24) is 9.88 Å². The van der Waals surface area contributed by atoms with Crippen LogP contribution in [0, 0.1) is 0 Å². The van der Waals surface area contributed by atoms with Crippen molar-refractivity contribution in [3.05, 3.63) is 53.1 Å². The Hall–Kier alpha value is -1.82. The first-order chi connectivity index (χ1) is 12.2. The summed E-state index contributed by atoms with van der Waals surface area (Å²) in [7, 11) is 1.67. The molecule has 2 heterocycles. The van der Waals surface area contributed by atoms with E-state index >= 15 is 0 Å². The maximum absolute atomic E-state index is 6.34. The lowest BCUT2D eigenvalue weighted by Gasteiger charge is -2.34. The van der Waals surface area contributed by atoms with Gasteiger partial charge in [0.25, 0.3) is 0 Å². The van der Waals surface area contributed by atoms with Crippen LogP contribution in [-0.4, -0.2) is 43.2 Å². The second-order valence-corrected chi connectivity index (χ2v) is 7.56. The molecule has 0 radical (unpaired) electrons. The van der Waals surface area contributed by atoms with Gasteiger partial charge >= 0.3 is 0 Å². The summed E-state index contributed by atoms with van der Waals surface area (Å²) in [5, 5.41) is 1.77. The minimum Gasteiger partial charge on any atom is -0.494 e. The average Bonchev–Trinajstić information content (AvgIpc) is 3.10. The zero-order valence-corrected chi connectivity index (χ0v) is 15.7. The highest BCUT2D eigenvalue weighted by Gasteiger charge is 2.21. The van der Waals surface area contributed by atoms with Crippen LogP contribution in [0.1, 0.15) is 5.56 Å². The number of methoxy groups -OCH3 is 1. The van der Waals surface area contributed by atoms with E-state index < -0.39 is 0 Å². The first-order valence-electron chi connectivity index (χ1n) is 8.39. The van der Waals surface area contributed by atoms with Gasteiger partial charge in [-0.1, -0.05) is 53.3 Å². The highest BCUT2D eigenvalue weighted by atomic mass is 35.5. The Morgan fingerprint density at radius 1 is 1.08 bits per heavy atom. The fourth-order valence-electron chi connectivity index (χ4n) is 3.18. The predicted octanol–water partition coefficient (Wildman–Crippen LogP) is 4.28. The average molecular weight is 374 g/mol. The van der Waals surface area contributed by atoms with E-state index in [2.05, 4.69) is 40.1 Å². The van der Waals surface area contributed by atoms with Gasteiger partial charge in [-0.3, -0.25) is 4.90 Å². The molecule has 1 saturated heterocycles. The van der Waals surface area contributed by atoms with Gasteiger partial charge in [-0.2, -0.15) is 0 Å². The number of piperazine rings is 1. The third-order valence-electron chi connectivity index (χ3n) is 4.56. The number of hydrogen-bond acceptors (Lipinski definition) is 5. The van der Waals surface area contributed by atoms with E-state index in [9.17, 15) is 0 Å². The van der Waals surface area contributed by atoms with Gasteiger partial charge in [0.05, 0.1) is 16.8 Å². The number of fused-ring (bicyclic) bond motifs is 1. The molecule has 3 aromatic rings. The predicted molar refractivity (Wildman–Crippen MR) is 105 cm³/mol. The van der Waals surface area contributed by atoms with Crippen LogP contribution in [0.2, 0.25) is 5.02 Å². The molecular weight excluding hydrogens is 354 g/mol. The second-order valence-electron chi connectivity index (χ2n) is 6.17. The van der Waals surface area contributed by atoms with Crippen molar-refractivity contribution in [2.75, 3.05) is 38.2 Å². The maximum atomic E-state index is 6.34. The monoisotopic (exact) mass is 373 g/mol. The standard InChI is InChI=1S/C19H20ClN3OS/c1-24-16-8-7-15(20)18-17(16)21-19(25-18)23-11-9-22(10-12-23)13-14-5-3-2-4-6-14/h2-8H,9-13H2,1H3. The van der Waals surface area contributed by atoms with Gasteiger partial charge in [-0.05, 0) is 17.7 Å². The first-order valence-corrected chi connectivity index (χ1v) is 9.58. The molecule has 2 aromatic carbocycles. The molecule has 1 aliphatic rings. The van der Waals surface area contributed by atoms with Crippen molar-refractivity contribution in [3.63, 3.8) is 0 Å². The molecule has 1 aliphatic heterocycles. The molecule has 0 unspecified atom stereocenters. The lowest BCUT2D eigenvalue weighted by atomic mass is 10.2. The van der Waals surface area contributed by atoms with Gasteiger partial charge in [0, 0.05) is 32.7 Å². The summed E-state index contributed by atoms with van der Waals surface area (Å²) in [6, 6.07) is 14.4. The molecule has 6 heteroatoms. The third kappa shape index (κ3) is 3.45. The highest BCUT2D eigenvalue weighted by Crippen LogP contribution is 2.38. The summed E-state index contributed by atoms with van der Waals surface area (Å²) in [6.45, 7) is 5.04. The van der Waals surface area contributed by atoms with E-state index in [0.717, 1.165) is 58.8 Å². The van der Waals surface area contributed by atoms with Crippen molar-refractivity contribution >= 4 is 38.3 Å². The Balaban J connectivity index is 1.47.